The zero-order chi connectivity index (χ0) is 24.8. The third-order valence-corrected chi connectivity index (χ3v) is 6.98. The van der Waals surface area contributed by atoms with Crippen molar-refractivity contribution in [1.82, 2.24) is 15.3 Å². The molecule has 3 N–H and O–H groups in total. The molecular weight excluding hydrogens is 452 g/mol. The van der Waals surface area contributed by atoms with Gasteiger partial charge in [-0.05, 0) is 87.0 Å². The first-order valence-corrected chi connectivity index (χ1v) is 13.2. The first-order valence-electron chi connectivity index (χ1n) is 12.8. The zero-order valence-electron chi connectivity index (χ0n) is 21.4. The molecule has 0 unspecified atom stereocenters. The van der Waals surface area contributed by atoms with Crippen molar-refractivity contribution in [3.05, 3.63) is 53.6 Å². The van der Waals surface area contributed by atoms with E-state index in [1.807, 2.05) is 37.2 Å². The second-order valence-electron chi connectivity index (χ2n) is 9.83. The predicted molar refractivity (Wildman–Crippen MR) is 153 cm³/mol. The molecule has 0 aliphatic heterocycles. The average Bonchev–Trinajstić information content (AvgIpc) is 2.85. The van der Waals surface area contributed by atoms with E-state index in [9.17, 15) is 0 Å². The number of aryl methyl sites for hydroxylation is 2. The Hall–Kier alpha value is -2.93. The number of nitrogens with one attached hydrogen (secondary N) is 3. The van der Waals surface area contributed by atoms with E-state index < -0.39 is 0 Å². The highest BCUT2D eigenvalue weighted by Crippen LogP contribution is 2.26. The van der Waals surface area contributed by atoms with E-state index in [2.05, 4.69) is 54.1 Å². The first-order chi connectivity index (χ1) is 16.9. The molecule has 7 heteroatoms. The summed E-state index contributed by atoms with van der Waals surface area (Å²) in [6.07, 6.45) is 7.81. The van der Waals surface area contributed by atoms with E-state index in [1.54, 1.807) is 0 Å². The van der Waals surface area contributed by atoms with Crippen LogP contribution in [0.4, 0.5) is 17.5 Å². The second-order valence-corrected chi connectivity index (χ2v) is 10.2. The largest absolute Gasteiger partial charge is 0.362 e. The lowest BCUT2D eigenvalue weighted by atomic mass is 9.91. The molecule has 1 heterocycles. The molecule has 0 saturated heterocycles. The highest BCUT2D eigenvalue weighted by Gasteiger charge is 2.23. The van der Waals surface area contributed by atoms with Crippen LogP contribution in [0.3, 0.4) is 0 Å². The predicted octanol–water partition coefficient (Wildman–Crippen LogP) is 6.06. The zero-order valence-corrected chi connectivity index (χ0v) is 22.2. The molecule has 0 spiro atoms. The summed E-state index contributed by atoms with van der Waals surface area (Å²) in [5.74, 6) is 1.65. The lowest BCUT2D eigenvalue weighted by Crippen LogP contribution is -2.42. The van der Waals surface area contributed by atoms with E-state index in [0.29, 0.717) is 23.1 Å². The van der Waals surface area contributed by atoms with Gasteiger partial charge in [-0.2, -0.15) is 4.98 Å². The number of aromatic nitrogens is 2. The number of fused-ring (bicyclic) bond motifs is 1. The Labute approximate surface area is 214 Å². The molecule has 1 fully saturated rings. The molecule has 1 aliphatic carbocycles. The number of nitrogens with zero attached hydrogens (tertiary/aromatic N) is 3. The van der Waals surface area contributed by atoms with Gasteiger partial charge >= 0.3 is 0 Å². The van der Waals surface area contributed by atoms with Gasteiger partial charge in [0.05, 0.1) is 5.52 Å². The van der Waals surface area contributed by atoms with Gasteiger partial charge in [-0.25, -0.2) is 4.98 Å². The van der Waals surface area contributed by atoms with Gasteiger partial charge in [0.1, 0.15) is 5.82 Å². The van der Waals surface area contributed by atoms with E-state index in [4.69, 9.17) is 22.2 Å². The SMILES string of the molecule is CCCCc1ccc(NC(=S)NC2CCC(Nc3nc(N(C)C)c4ccccc4n3)CC2)c(C)c1. The number of hydrogen-bond acceptors (Lipinski definition) is 5. The molecule has 6 nitrogen and oxygen atoms in total. The fourth-order valence-corrected chi connectivity index (χ4v) is 5.05. The fraction of sp³-hybridized carbons (Fsp3) is 0.464. The molecule has 4 rings (SSSR count). The number of rotatable bonds is 8. The minimum absolute atomic E-state index is 0.365. The first kappa shape index (κ1) is 25.2. The number of thiocarbonyl (C=S) groups is 1. The summed E-state index contributed by atoms with van der Waals surface area (Å²) < 4.78 is 0. The van der Waals surface area contributed by atoms with Gasteiger partial charge in [-0.3, -0.25) is 0 Å². The quantitative estimate of drug-likeness (QED) is 0.332. The summed E-state index contributed by atoms with van der Waals surface area (Å²) in [6, 6.07) is 15.6. The number of unbranched alkanes of at least 4 members (excludes halogenated alkanes) is 1. The van der Waals surface area contributed by atoms with Crippen molar-refractivity contribution in [2.75, 3.05) is 29.6 Å². The molecule has 1 aliphatic rings. The van der Waals surface area contributed by atoms with Crippen LogP contribution in [-0.2, 0) is 6.42 Å². The van der Waals surface area contributed by atoms with Crippen molar-refractivity contribution in [2.45, 2.75) is 70.9 Å². The van der Waals surface area contributed by atoms with Crippen LogP contribution >= 0.6 is 12.2 Å². The smallest absolute Gasteiger partial charge is 0.225 e. The highest BCUT2D eigenvalue weighted by molar-refractivity contribution is 7.80. The van der Waals surface area contributed by atoms with Crippen LogP contribution in [0.1, 0.15) is 56.6 Å². The van der Waals surface area contributed by atoms with Crippen molar-refractivity contribution in [2.24, 2.45) is 0 Å². The Morgan fingerprint density at radius 2 is 1.77 bits per heavy atom. The molecule has 3 aromatic rings. The number of hydrogen-bond donors (Lipinski definition) is 3. The van der Waals surface area contributed by atoms with E-state index >= 15 is 0 Å². The average molecular weight is 491 g/mol. The molecule has 0 radical (unpaired) electrons. The molecule has 0 atom stereocenters. The summed E-state index contributed by atoms with van der Waals surface area (Å²) in [5.41, 5.74) is 4.69. The lowest BCUT2D eigenvalue weighted by Gasteiger charge is -2.30. The lowest BCUT2D eigenvalue weighted by molar-refractivity contribution is 0.387. The molecule has 2 aromatic carbocycles. The third-order valence-electron chi connectivity index (χ3n) is 6.76. The van der Waals surface area contributed by atoms with Crippen molar-refractivity contribution in [3.8, 4) is 0 Å². The Morgan fingerprint density at radius 3 is 2.49 bits per heavy atom. The summed E-state index contributed by atoms with van der Waals surface area (Å²) in [4.78, 5) is 11.6. The van der Waals surface area contributed by atoms with Gasteiger partial charge in [0.15, 0.2) is 5.11 Å². The maximum Gasteiger partial charge on any atom is 0.225 e. The second kappa shape index (κ2) is 11.7. The summed E-state index contributed by atoms with van der Waals surface area (Å²) in [5, 5.41) is 12.3. The Bertz CT molecular complexity index is 1150. The van der Waals surface area contributed by atoms with Crippen LogP contribution in [0.5, 0.6) is 0 Å². The Balaban J connectivity index is 1.29. The van der Waals surface area contributed by atoms with Crippen molar-refractivity contribution >= 4 is 45.7 Å². The topological polar surface area (TPSA) is 65.1 Å². The van der Waals surface area contributed by atoms with E-state index in [0.717, 1.165) is 54.5 Å². The molecular formula is C28H38N6S. The molecule has 35 heavy (non-hydrogen) atoms. The standard InChI is InChI=1S/C28H38N6S/c1-5-6-9-20-12-17-24(19(2)18-20)32-28(35)30-22-15-13-21(14-16-22)29-27-31-25-11-8-7-10-23(25)26(33-27)34(3)4/h7-8,10-12,17-18,21-22H,5-6,9,13-16H2,1-4H3,(H,29,31,33)(H2,30,32,35). The third kappa shape index (κ3) is 6.60. The monoisotopic (exact) mass is 490 g/mol. The Morgan fingerprint density at radius 1 is 1.03 bits per heavy atom. The molecule has 0 bridgehead atoms. The van der Waals surface area contributed by atoms with Crippen LogP contribution in [0, 0.1) is 6.92 Å². The number of para-hydroxylation sites is 1. The maximum absolute atomic E-state index is 5.63. The van der Waals surface area contributed by atoms with Crippen LogP contribution in [0.25, 0.3) is 10.9 Å². The molecule has 1 aromatic heterocycles. The number of benzene rings is 2. The van der Waals surface area contributed by atoms with Crippen LogP contribution in [0.15, 0.2) is 42.5 Å². The van der Waals surface area contributed by atoms with Crippen molar-refractivity contribution in [3.63, 3.8) is 0 Å². The molecule has 186 valence electrons. The van der Waals surface area contributed by atoms with E-state index in [1.165, 1.54) is 24.0 Å². The maximum atomic E-state index is 5.63. The van der Waals surface area contributed by atoms with Gasteiger partial charge in [0.2, 0.25) is 5.95 Å². The van der Waals surface area contributed by atoms with Gasteiger partial charge in [-0.1, -0.05) is 37.6 Å². The molecule has 1 saturated carbocycles. The minimum Gasteiger partial charge on any atom is -0.362 e. The van der Waals surface area contributed by atoms with Crippen molar-refractivity contribution in [1.29, 1.82) is 0 Å². The van der Waals surface area contributed by atoms with Crippen molar-refractivity contribution < 1.29 is 0 Å². The highest BCUT2D eigenvalue weighted by atomic mass is 32.1. The van der Waals surface area contributed by atoms with Crippen LogP contribution < -0.4 is 20.9 Å². The van der Waals surface area contributed by atoms with E-state index in [-0.39, 0.29) is 0 Å². The van der Waals surface area contributed by atoms with Crippen LogP contribution in [0.2, 0.25) is 0 Å². The summed E-state index contributed by atoms with van der Waals surface area (Å²) in [6.45, 7) is 4.38. The van der Waals surface area contributed by atoms with Gasteiger partial charge < -0.3 is 20.9 Å². The Kier molecular flexibility index (Phi) is 8.39. The minimum atomic E-state index is 0.365. The normalized spacial score (nSPS) is 17.7. The van der Waals surface area contributed by atoms with Gasteiger partial charge in [-0.15, -0.1) is 0 Å². The number of anilines is 3. The van der Waals surface area contributed by atoms with Gasteiger partial charge in [0, 0.05) is 37.3 Å². The fourth-order valence-electron chi connectivity index (χ4n) is 4.78. The summed E-state index contributed by atoms with van der Waals surface area (Å²) >= 11 is 5.63. The summed E-state index contributed by atoms with van der Waals surface area (Å²) in [7, 11) is 4.04. The van der Waals surface area contributed by atoms with Crippen LogP contribution in [-0.4, -0.2) is 41.3 Å². The molecule has 0 amide bonds. The van der Waals surface area contributed by atoms with Gasteiger partial charge in [0.25, 0.3) is 0 Å².